The van der Waals surface area contributed by atoms with E-state index in [9.17, 15) is 5.11 Å². The predicted octanol–water partition coefficient (Wildman–Crippen LogP) is -29.2. The highest BCUT2D eigenvalue weighted by atomic mass is 16.3. The minimum atomic E-state index is -1.88. The first-order valence-electron chi connectivity index (χ1n) is 31.3. The van der Waals surface area contributed by atoms with Crippen molar-refractivity contribution in [1.29, 1.82) is 0 Å². The summed E-state index contributed by atoms with van der Waals surface area (Å²) in [5.41, 5.74) is 3.70. The van der Waals surface area contributed by atoms with Crippen LogP contribution in [-0.2, 0) is 13.1 Å². The molecule has 1 aromatic carbocycles. The van der Waals surface area contributed by atoms with Crippen LogP contribution in [0.2, 0.25) is 0 Å². The van der Waals surface area contributed by atoms with Crippen molar-refractivity contribution < 1.29 is 5.11 Å². The number of hydrogen-bond acceptors (Lipinski definition) is 3. The highest BCUT2D eigenvalue weighted by molar-refractivity contribution is 8.41. The van der Waals surface area contributed by atoms with Gasteiger partial charge in [0.05, 0.1) is 6.10 Å². The van der Waals surface area contributed by atoms with Crippen LogP contribution >= 0.6 is 0 Å². The monoisotopic (exact) mass is 1080 g/mol. The second kappa shape index (κ2) is 45.1. The Balaban J connectivity index is 0.00000254. The van der Waals surface area contributed by atoms with Crippen LogP contribution in [0.15, 0.2) is 18.2 Å². The van der Waals surface area contributed by atoms with Gasteiger partial charge in [0, 0.05) is 579 Å². The van der Waals surface area contributed by atoms with Gasteiger partial charge in [-0.15, -0.1) is 0 Å². The fourth-order valence-corrected chi connectivity index (χ4v) is 16.0. The van der Waals surface area contributed by atoms with Gasteiger partial charge >= 0.3 is 0 Å². The molecule has 81 radical (unpaired) electrons. The first-order valence-corrected chi connectivity index (χ1v) is 31.3. The van der Waals surface area contributed by atoms with Crippen LogP contribution in [-0.4, -0.2) is 590 Å². The van der Waals surface area contributed by atoms with Gasteiger partial charge in [-0.1, -0.05) is 18.2 Å². The molecule has 1 aromatic rings. The molecule has 3 nitrogen and oxygen atoms in total. The Kier molecular flexibility index (Phi) is 46.2. The Bertz CT molecular complexity index is 1850. The van der Waals surface area contributed by atoms with Crippen molar-refractivity contribution in [3.63, 3.8) is 0 Å². The van der Waals surface area contributed by atoms with Gasteiger partial charge in [-0.05, 0) is 30.8 Å². The number of rotatable bonds is 41. The maximum atomic E-state index is 9.96. The summed E-state index contributed by atoms with van der Waals surface area (Å²) >= 11 is 0. The van der Waals surface area contributed by atoms with Gasteiger partial charge < -0.3 is 15.3 Å². The van der Waals surface area contributed by atoms with E-state index in [2.05, 4.69) is 17.4 Å². The number of fused-ring (bicyclic) bond motifs is 1. The molecular formula is C12H18B79N2O. The fraction of sp³-hybridized carbons (Fsp3) is 0.500. The molecule has 2 rings (SSSR count). The third-order valence-electron chi connectivity index (χ3n) is 19.5. The summed E-state index contributed by atoms with van der Waals surface area (Å²) < 4.78 is 0. The van der Waals surface area contributed by atoms with Gasteiger partial charge in [-0.25, -0.2) is 0 Å². The quantitative estimate of drug-likeness (QED) is 0.0642. The first-order chi connectivity index (χ1) is 43.1. The Hall–Kier alpha value is 4.23. The second-order valence-corrected chi connectivity index (χ2v) is 26.5. The largest absolute Gasteiger partial charge is 0.387 e. The Morgan fingerprint density at radius 1 is 0.309 bits per heavy atom. The molecule has 82 heteroatoms. The summed E-state index contributed by atoms with van der Waals surface area (Å²) in [5.74, 6) is 0. The van der Waals surface area contributed by atoms with E-state index in [4.69, 9.17) is 309 Å². The van der Waals surface area contributed by atoms with Crippen LogP contribution in [0.4, 0.5) is 0 Å². The van der Waals surface area contributed by atoms with Crippen molar-refractivity contribution in [3.05, 3.63) is 34.9 Å². The molecule has 0 saturated heterocycles. The van der Waals surface area contributed by atoms with E-state index >= 15 is 0 Å². The standard InChI is InChI=1S/C12H18N2O.B79/c1-14(2)8-12(15)9-3-4-10-6-13-7-11(10)5-9;1-41-61(40)71(60(38)39)76(70(58(34)35)59(36)37)79(77(72(62(42(2)3)43(4)5)63(44(6)7)45(8)9)73(64(46(10)11)47(12)13)65(48(14)15)49(16)17)78(74(66(50(18)19)51(20)21)67(52(22)23)53(24)25)75(68(54(26)27)55(28)29)69(56(30)31)57(32)33/h3-5,12-13,15H,6-8H2,1-2H3;. The zero-order valence-corrected chi connectivity index (χ0v) is 54.9. The molecule has 0 saturated carbocycles. The van der Waals surface area contributed by atoms with Crippen LogP contribution in [0.5, 0.6) is 0 Å². The second-order valence-electron chi connectivity index (χ2n) is 26.5. The lowest BCUT2D eigenvalue weighted by atomic mass is 8.20. The summed E-state index contributed by atoms with van der Waals surface area (Å²) in [7, 11) is 279. The summed E-state index contributed by atoms with van der Waals surface area (Å²) in [6.07, 6.45) is -63.2. The molecular weight excluding hydrogens is 1040 g/mol. The molecule has 319 valence electrons. The van der Waals surface area contributed by atoms with Crippen LogP contribution in [0.3, 0.4) is 0 Å². The highest BCUT2D eigenvalue weighted by Crippen LogP contribution is 2.28. The van der Waals surface area contributed by atoms with Crippen LogP contribution < -0.4 is 5.32 Å². The summed E-state index contributed by atoms with van der Waals surface area (Å²) in [4.78, 5) is 2.00. The number of nitrogens with zero attached hydrogens (tertiary/aromatic N) is 1. The molecule has 0 spiro atoms. The maximum absolute atomic E-state index is 9.96. The number of benzene rings is 1. The third kappa shape index (κ3) is 26.6. The predicted molar refractivity (Wildman–Crippen MR) is 515 cm³/mol. The van der Waals surface area contributed by atoms with Gasteiger partial charge in [0.1, 0.15) is 0 Å². The Morgan fingerprint density at radius 2 is 0.489 bits per heavy atom. The van der Waals surface area contributed by atoms with Crippen molar-refractivity contribution in [3.8, 4) is 0 Å². The van der Waals surface area contributed by atoms with Crippen molar-refractivity contribution in [1.82, 2.24) is 10.2 Å². The maximum Gasteiger partial charge on any atom is 0.0916 e. The van der Waals surface area contributed by atoms with Crippen LogP contribution in [0.1, 0.15) is 22.8 Å². The van der Waals surface area contributed by atoms with Crippen molar-refractivity contribution in [2.45, 2.75) is 19.2 Å². The Labute approximate surface area is 643 Å². The average molecular weight is 1060 g/mol. The molecule has 0 bridgehead atoms. The van der Waals surface area contributed by atoms with Gasteiger partial charge in [0.15, 0.2) is 0 Å². The average Bonchev–Trinajstić information content (AvgIpc) is 0.772. The topological polar surface area (TPSA) is 35.5 Å². The van der Waals surface area contributed by atoms with Crippen LogP contribution in [0.25, 0.3) is 0 Å². The molecule has 0 amide bonds. The smallest absolute Gasteiger partial charge is 0.0916 e. The Morgan fingerprint density at radius 3 is 0.670 bits per heavy atom. The van der Waals surface area contributed by atoms with Gasteiger partial charge in [-0.2, -0.15) is 0 Å². The molecule has 0 aliphatic carbocycles. The molecule has 1 atom stereocenters. The van der Waals surface area contributed by atoms with E-state index in [-0.39, 0.29) is 6.10 Å². The zero-order valence-electron chi connectivity index (χ0n) is 54.9. The summed E-state index contributed by atoms with van der Waals surface area (Å²) in [6.45, 7) is 2.56. The molecule has 1 aliphatic heterocycles. The lowest BCUT2D eigenvalue weighted by Crippen LogP contribution is -2.99. The molecule has 0 aromatic heterocycles. The fourth-order valence-electron chi connectivity index (χ4n) is 16.0. The first kappa shape index (κ1) is 96.2. The van der Waals surface area contributed by atoms with E-state index < -0.39 is 243 Å². The molecule has 2 N–H and O–H groups in total. The minimum absolute atomic E-state index is 0.383. The lowest BCUT2D eigenvalue weighted by Gasteiger charge is -2.61. The molecule has 1 unspecified atom stereocenters. The lowest BCUT2D eigenvalue weighted by molar-refractivity contribution is 0.138. The van der Waals surface area contributed by atoms with Crippen molar-refractivity contribution in [2.75, 3.05) is 20.6 Å². The van der Waals surface area contributed by atoms with E-state index in [1.54, 1.807) is 0 Å². The summed E-state index contributed by atoms with van der Waals surface area (Å²) in [5, 5.41) is 13.3. The van der Waals surface area contributed by atoms with E-state index in [0.29, 0.717) is 6.54 Å². The van der Waals surface area contributed by atoms with E-state index in [1.807, 2.05) is 25.1 Å². The number of aliphatic hydroxyl groups excluding tert-OH is 1. The SMILES string of the molecule is CN(C)CC(O)c1ccc2c(c1)CNC2.[B][B]B([B])B(B([B])[B])B(B(B([B])[B])B([B])[B])B(B(B(B(B([B])[B])B([B])[B])B(B([B])[B])B([B])[B])B(B(B([B])[B])B([B])[B])B(B([B])[B])B([B])[B])B(B(B(B([B])[B])B([B])[B])B(B([B])[B])B([B])[B])B(B(B([B])[B])B([B])[B])B(B([B])[B])B([B])[B]. The molecule has 0 fully saturated rings. The molecule has 1 heterocycles. The zero-order chi connectivity index (χ0) is 73.5. The normalized spacial score (nSPS) is 10.9. The van der Waals surface area contributed by atoms with Crippen molar-refractivity contribution >= 4 is 559 Å². The van der Waals surface area contributed by atoms with E-state index in [1.165, 1.54) is 11.1 Å². The highest BCUT2D eigenvalue weighted by Gasteiger charge is 2.66. The van der Waals surface area contributed by atoms with Gasteiger partial charge in [0.2, 0.25) is 0 Å². The number of likely N-dealkylation sites (N-methyl/N-ethyl adjacent to an activating group) is 1. The van der Waals surface area contributed by atoms with E-state index in [0.717, 1.165) is 25.7 Å². The summed E-state index contributed by atoms with van der Waals surface area (Å²) in [6, 6.07) is 6.26. The minimum Gasteiger partial charge on any atom is -0.387 e. The number of nitrogens with one attached hydrogen (secondary N) is 1. The van der Waals surface area contributed by atoms with Crippen LogP contribution in [0, 0.1) is 0 Å². The van der Waals surface area contributed by atoms with Gasteiger partial charge in [0.25, 0.3) is 0 Å². The molecule has 94 heavy (non-hydrogen) atoms. The van der Waals surface area contributed by atoms with Crippen molar-refractivity contribution in [2.24, 2.45) is 0 Å². The number of hydrogen-bond donors (Lipinski definition) is 2. The van der Waals surface area contributed by atoms with Gasteiger partial charge in [-0.3, -0.25) is 0 Å². The third-order valence-corrected chi connectivity index (χ3v) is 19.5. The molecule has 1 aliphatic rings. The number of aliphatic hydroxyl groups is 1.